The summed E-state index contributed by atoms with van der Waals surface area (Å²) in [5.41, 5.74) is 4.90. The monoisotopic (exact) mass is 423 g/mol. The number of benzene rings is 1. The Morgan fingerprint density at radius 1 is 0.839 bits per heavy atom. The van der Waals surface area contributed by atoms with E-state index < -0.39 is 0 Å². The third-order valence-corrected chi connectivity index (χ3v) is 5.71. The number of hydrogen-bond acceptors (Lipinski definition) is 6. The smallest absolute Gasteiger partial charge is 0.252 e. The van der Waals surface area contributed by atoms with Gasteiger partial charge in [-0.1, -0.05) is 18.2 Å². The van der Waals surface area contributed by atoms with Gasteiger partial charge in [0.1, 0.15) is 5.01 Å². The molecular formula is C24H17N5OS. The van der Waals surface area contributed by atoms with Crippen molar-refractivity contribution in [3.8, 4) is 22.5 Å². The van der Waals surface area contributed by atoms with Crippen LogP contribution in [0.2, 0.25) is 0 Å². The Labute approximate surface area is 182 Å². The molecule has 0 fully saturated rings. The van der Waals surface area contributed by atoms with Crippen LogP contribution in [-0.4, -0.2) is 25.8 Å². The number of aromatic nitrogens is 4. The van der Waals surface area contributed by atoms with Crippen molar-refractivity contribution in [3.05, 3.63) is 95.3 Å². The zero-order valence-corrected chi connectivity index (χ0v) is 17.2. The van der Waals surface area contributed by atoms with Crippen LogP contribution < -0.4 is 5.32 Å². The second-order valence-electron chi connectivity index (χ2n) is 6.85. The third kappa shape index (κ3) is 4.04. The maximum Gasteiger partial charge on any atom is 0.252 e. The molecule has 0 saturated carbocycles. The summed E-state index contributed by atoms with van der Waals surface area (Å²) >= 11 is 1.52. The molecule has 0 aliphatic carbocycles. The van der Waals surface area contributed by atoms with Gasteiger partial charge in [-0.3, -0.25) is 14.8 Å². The predicted octanol–water partition coefficient (Wildman–Crippen LogP) is 4.75. The molecule has 0 saturated heterocycles. The van der Waals surface area contributed by atoms with Gasteiger partial charge in [-0.25, -0.2) is 9.97 Å². The van der Waals surface area contributed by atoms with Gasteiger partial charge in [-0.15, -0.1) is 11.3 Å². The number of carbonyl (C=O) groups excluding carboxylic acids is 1. The number of carbonyl (C=O) groups is 1. The fraction of sp³-hybridized carbons (Fsp3) is 0.0417. The van der Waals surface area contributed by atoms with E-state index in [4.69, 9.17) is 4.98 Å². The van der Waals surface area contributed by atoms with Crippen molar-refractivity contribution < 1.29 is 4.79 Å². The maximum atomic E-state index is 13.1. The molecule has 0 aliphatic heterocycles. The van der Waals surface area contributed by atoms with Crippen LogP contribution in [0.4, 0.5) is 0 Å². The van der Waals surface area contributed by atoms with Crippen molar-refractivity contribution in [2.75, 3.05) is 0 Å². The summed E-state index contributed by atoms with van der Waals surface area (Å²) in [5.74, 6) is -0.158. The third-order valence-electron chi connectivity index (χ3n) is 4.86. The van der Waals surface area contributed by atoms with E-state index in [1.54, 1.807) is 24.8 Å². The highest BCUT2D eigenvalue weighted by Gasteiger charge is 2.14. The highest BCUT2D eigenvalue weighted by atomic mass is 32.1. The van der Waals surface area contributed by atoms with Gasteiger partial charge >= 0.3 is 0 Å². The molecule has 0 unspecified atom stereocenters. The first kappa shape index (κ1) is 19.0. The van der Waals surface area contributed by atoms with Gasteiger partial charge < -0.3 is 5.32 Å². The molecule has 31 heavy (non-hydrogen) atoms. The molecule has 5 aromatic rings. The average Bonchev–Trinajstić information content (AvgIpc) is 3.32. The lowest BCUT2D eigenvalue weighted by molar-refractivity contribution is 0.0952. The van der Waals surface area contributed by atoms with Crippen LogP contribution in [0, 0.1) is 0 Å². The van der Waals surface area contributed by atoms with E-state index in [1.165, 1.54) is 11.3 Å². The summed E-state index contributed by atoms with van der Waals surface area (Å²) in [7, 11) is 0. The summed E-state index contributed by atoms with van der Waals surface area (Å²) in [4.78, 5) is 30.6. The van der Waals surface area contributed by atoms with Crippen molar-refractivity contribution >= 4 is 28.1 Å². The van der Waals surface area contributed by atoms with E-state index in [0.717, 1.165) is 38.4 Å². The summed E-state index contributed by atoms with van der Waals surface area (Å²) in [6.07, 6.45) is 6.92. The Balaban J connectivity index is 1.41. The standard InChI is InChI=1S/C24H17N5OS/c30-24(27-14-23-29-22(15-31-23)17-7-11-26-12-8-17)19-13-21(16-5-9-25-10-6-16)28-20-4-2-1-3-18(19)20/h1-13,15H,14H2,(H,27,30). The van der Waals surface area contributed by atoms with Gasteiger partial charge in [0.05, 0.1) is 29.0 Å². The lowest BCUT2D eigenvalue weighted by Gasteiger charge is -2.10. The number of thiazole rings is 1. The molecule has 0 aliphatic rings. The largest absolute Gasteiger partial charge is 0.346 e. The number of rotatable bonds is 5. The average molecular weight is 424 g/mol. The van der Waals surface area contributed by atoms with Crippen LogP contribution >= 0.6 is 11.3 Å². The number of amides is 1. The lowest BCUT2D eigenvalue weighted by Crippen LogP contribution is -2.23. The van der Waals surface area contributed by atoms with E-state index in [1.807, 2.05) is 60.0 Å². The molecule has 0 radical (unpaired) electrons. The van der Waals surface area contributed by atoms with E-state index in [-0.39, 0.29) is 5.91 Å². The maximum absolute atomic E-state index is 13.1. The van der Waals surface area contributed by atoms with Crippen molar-refractivity contribution in [2.45, 2.75) is 6.54 Å². The van der Waals surface area contributed by atoms with Crippen LogP contribution in [0.1, 0.15) is 15.4 Å². The van der Waals surface area contributed by atoms with E-state index in [9.17, 15) is 4.79 Å². The molecule has 0 atom stereocenters. The molecule has 5 rings (SSSR count). The number of nitrogens with one attached hydrogen (secondary N) is 1. The van der Waals surface area contributed by atoms with E-state index in [0.29, 0.717) is 12.1 Å². The predicted molar refractivity (Wildman–Crippen MR) is 121 cm³/mol. The zero-order chi connectivity index (χ0) is 21.0. The van der Waals surface area contributed by atoms with Crippen molar-refractivity contribution in [2.24, 2.45) is 0 Å². The van der Waals surface area contributed by atoms with Crippen LogP contribution in [-0.2, 0) is 6.54 Å². The molecule has 1 aromatic carbocycles. The first-order valence-corrected chi connectivity index (χ1v) is 10.6. The topological polar surface area (TPSA) is 80.7 Å². The molecule has 150 valence electrons. The normalized spacial score (nSPS) is 10.8. The minimum Gasteiger partial charge on any atom is -0.346 e. The summed E-state index contributed by atoms with van der Waals surface area (Å²) < 4.78 is 0. The van der Waals surface area contributed by atoms with Gasteiger partial charge in [0.2, 0.25) is 0 Å². The SMILES string of the molecule is O=C(NCc1nc(-c2ccncc2)cs1)c1cc(-c2ccncc2)nc2ccccc12. The minimum atomic E-state index is -0.158. The minimum absolute atomic E-state index is 0.158. The molecule has 6 nitrogen and oxygen atoms in total. The highest BCUT2D eigenvalue weighted by molar-refractivity contribution is 7.09. The Bertz CT molecular complexity index is 1350. The van der Waals surface area contributed by atoms with Crippen molar-refractivity contribution in [1.29, 1.82) is 0 Å². The van der Waals surface area contributed by atoms with Gasteiger partial charge in [0, 0.05) is 46.7 Å². The molecule has 7 heteroatoms. The van der Waals surface area contributed by atoms with E-state index in [2.05, 4.69) is 20.3 Å². The van der Waals surface area contributed by atoms with Crippen molar-refractivity contribution in [1.82, 2.24) is 25.3 Å². The van der Waals surface area contributed by atoms with E-state index >= 15 is 0 Å². The molecular weight excluding hydrogens is 406 g/mol. The van der Waals surface area contributed by atoms with Crippen molar-refractivity contribution in [3.63, 3.8) is 0 Å². The highest BCUT2D eigenvalue weighted by Crippen LogP contribution is 2.25. The second kappa shape index (κ2) is 8.41. The zero-order valence-electron chi connectivity index (χ0n) is 16.4. The number of nitrogens with zero attached hydrogens (tertiary/aromatic N) is 4. The van der Waals surface area contributed by atoms with Gasteiger partial charge in [0.25, 0.3) is 5.91 Å². The van der Waals surface area contributed by atoms with Gasteiger partial charge in [-0.05, 0) is 36.4 Å². The second-order valence-corrected chi connectivity index (χ2v) is 7.80. The Morgan fingerprint density at radius 3 is 2.26 bits per heavy atom. The number of pyridine rings is 3. The quantitative estimate of drug-likeness (QED) is 0.441. The number of fused-ring (bicyclic) bond motifs is 1. The van der Waals surface area contributed by atoms with Crippen LogP contribution in [0.3, 0.4) is 0 Å². The molecule has 1 amide bonds. The molecule has 0 spiro atoms. The van der Waals surface area contributed by atoms with Crippen LogP contribution in [0.5, 0.6) is 0 Å². The molecule has 4 heterocycles. The first-order valence-electron chi connectivity index (χ1n) is 9.71. The fourth-order valence-electron chi connectivity index (χ4n) is 3.33. The summed E-state index contributed by atoms with van der Waals surface area (Å²) in [6, 6.07) is 17.1. The number of hydrogen-bond donors (Lipinski definition) is 1. The van der Waals surface area contributed by atoms with Gasteiger partial charge in [-0.2, -0.15) is 0 Å². The summed E-state index contributed by atoms with van der Waals surface area (Å²) in [5, 5.41) is 6.65. The van der Waals surface area contributed by atoms with Gasteiger partial charge in [0.15, 0.2) is 0 Å². The molecule has 1 N–H and O–H groups in total. The Hall–Kier alpha value is -3.97. The van der Waals surface area contributed by atoms with Crippen LogP contribution in [0.15, 0.2) is 84.8 Å². The fourth-order valence-corrected chi connectivity index (χ4v) is 4.08. The number of para-hydroxylation sites is 1. The summed E-state index contributed by atoms with van der Waals surface area (Å²) in [6.45, 7) is 0.357. The molecule has 4 aromatic heterocycles. The van der Waals surface area contributed by atoms with Crippen LogP contribution in [0.25, 0.3) is 33.4 Å². The molecule has 0 bridgehead atoms. The lowest BCUT2D eigenvalue weighted by atomic mass is 10.0. The Kier molecular flexibility index (Phi) is 5.16. The first-order chi connectivity index (χ1) is 15.3. The Morgan fingerprint density at radius 2 is 1.52 bits per heavy atom.